The highest BCUT2D eigenvalue weighted by Gasteiger charge is 2.37. The van der Waals surface area contributed by atoms with Gasteiger partial charge in [-0.15, -0.1) is 0 Å². The van der Waals surface area contributed by atoms with E-state index in [1.54, 1.807) is 5.19 Å². The van der Waals surface area contributed by atoms with Crippen molar-refractivity contribution in [3.8, 4) is 5.75 Å². The van der Waals surface area contributed by atoms with E-state index in [2.05, 4.69) is 73.7 Å². The first-order valence-corrected chi connectivity index (χ1v) is 13.8. The number of hydrogen-bond acceptors (Lipinski definition) is 1. The molecule has 0 aromatic heterocycles. The van der Waals surface area contributed by atoms with Crippen LogP contribution in [-0.2, 0) is 0 Å². The fraction of sp³-hybridized carbons (Fsp3) is 0.462. The number of benzene rings is 2. The van der Waals surface area contributed by atoms with Crippen LogP contribution in [0.5, 0.6) is 5.75 Å². The number of ether oxygens (including phenoxy) is 1. The highest BCUT2D eigenvalue weighted by atomic mass is 28.3. The molecule has 1 heterocycles. The van der Waals surface area contributed by atoms with Gasteiger partial charge in [-0.1, -0.05) is 104 Å². The van der Waals surface area contributed by atoms with Crippen LogP contribution in [-0.4, -0.2) is 14.7 Å². The van der Waals surface area contributed by atoms with Gasteiger partial charge in [0.05, 0.1) is 14.7 Å². The van der Waals surface area contributed by atoms with Crippen LogP contribution in [0.3, 0.4) is 0 Å². The normalized spacial score (nSPS) is 22.4. The predicted octanol–water partition coefficient (Wildman–Crippen LogP) is 7.05. The summed E-state index contributed by atoms with van der Waals surface area (Å²) >= 11 is 0. The third-order valence-corrected chi connectivity index (χ3v) is 11.7. The van der Waals surface area contributed by atoms with Gasteiger partial charge in [0.15, 0.2) is 0 Å². The molecule has 2 heteroatoms. The molecule has 2 aromatic rings. The molecule has 28 heavy (non-hydrogen) atoms. The smallest absolute Gasteiger partial charge is 0.119 e. The lowest BCUT2D eigenvalue weighted by molar-refractivity contribution is 0.340. The molecule has 1 fully saturated rings. The Morgan fingerprint density at radius 1 is 0.929 bits per heavy atom. The molecule has 0 radical (unpaired) electrons. The van der Waals surface area contributed by atoms with Crippen molar-refractivity contribution >= 4 is 19.3 Å². The van der Waals surface area contributed by atoms with Crippen molar-refractivity contribution in [2.75, 3.05) is 6.61 Å². The minimum absolute atomic E-state index is 0.725. The Kier molecular flexibility index (Phi) is 7.97. The molecular formula is C26H36OSi. The van der Waals surface area contributed by atoms with Crippen LogP contribution >= 0.6 is 0 Å². The third-order valence-electron chi connectivity index (χ3n) is 6.38. The summed E-state index contributed by atoms with van der Waals surface area (Å²) in [5.74, 6) is 1.70. The molecule has 1 aliphatic heterocycles. The molecule has 0 atom stereocenters. The molecule has 2 aromatic carbocycles. The number of hydrogen-bond donors (Lipinski definition) is 0. The molecular weight excluding hydrogens is 356 g/mol. The zero-order valence-electron chi connectivity index (χ0n) is 17.7. The molecule has 3 rings (SSSR count). The molecule has 1 nitrogen and oxygen atoms in total. The minimum Gasteiger partial charge on any atom is -0.494 e. The Balaban J connectivity index is 1.61. The van der Waals surface area contributed by atoms with Gasteiger partial charge in [0, 0.05) is 0 Å². The van der Waals surface area contributed by atoms with E-state index in [9.17, 15) is 0 Å². The second kappa shape index (κ2) is 10.7. The van der Waals surface area contributed by atoms with E-state index < -0.39 is 8.07 Å². The summed E-state index contributed by atoms with van der Waals surface area (Å²) in [6, 6.07) is 24.4. The van der Waals surface area contributed by atoms with Gasteiger partial charge in [-0.05, 0) is 43.4 Å². The number of rotatable bonds is 9. The van der Waals surface area contributed by atoms with Crippen LogP contribution in [0.15, 0.2) is 60.7 Å². The average molecular weight is 393 g/mol. The van der Waals surface area contributed by atoms with Gasteiger partial charge in [0.1, 0.15) is 5.75 Å². The molecule has 0 N–H and O–H groups in total. The largest absolute Gasteiger partial charge is 0.494 e. The molecule has 0 spiro atoms. The quantitative estimate of drug-likeness (QED) is 0.328. The number of allylic oxidation sites excluding steroid dienone is 1. The Morgan fingerprint density at radius 3 is 2.29 bits per heavy atom. The topological polar surface area (TPSA) is 9.23 Å². The molecule has 0 saturated carbocycles. The zero-order valence-corrected chi connectivity index (χ0v) is 18.7. The second-order valence-corrected chi connectivity index (χ2v) is 12.9. The van der Waals surface area contributed by atoms with E-state index in [0.29, 0.717) is 0 Å². The fourth-order valence-corrected chi connectivity index (χ4v) is 9.95. The Bertz CT molecular complexity index is 712. The van der Waals surface area contributed by atoms with Crippen molar-refractivity contribution < 1.29 is 4.74 Å². The van der Waals surface area contributed by atoms with Gasteiger partial charge in [0.25, 0.3) is 0 Å². The first-order valence-electron chi connectivity index (χ1n) is 11.2. The molecule has 150 valence electrons. The summed E-state index contributed by atoms with van der Waals surface area (Å²) in [6.07, 6.45) is 11.6. The van der Waals surface area contributed by atoms with Crippen molar-refractivity contribution in [3.05, 3.63) is 66.2 Å². The standard InChI is InChI=1S/C26H36OSi/c1-3-5-9-20-28(26-10-7-6-8-11-26)21-18-24(19-22-28)13-12-23-14-16-25(17-15-23)27-4-2/h6-8,10-17,24H,3-5,9,18-22H2,1-2H3/b13-12+. The highest BCUT2D eigenvalue weighted by molar-refractivity contribution is 6.92. The Labute approximate surface area is 172 Å². The summed E-state index contributed by atoms with van der Waals surface area (Å²) in [7, 11) is -1.31. The van der Waals surface area contributed by atoms with Crippen molar-refractivity contribution in [2.45, 2.75) is 64.1 Å². The van der Waals surface area contributed by atoms with Crippen molar-refractivity contribution in [1.29, 1.82) is 0 Å². The van der Waals surface area contributed by atoms with Gasteiger partial charge >= 0.3 is 0 Å². The van der Waals surface area contributed by atoms with Crippen LogP contribution in [0, 0.1) is 5.92 Å². The van der Waals surface area contributed by atoms with Gasteiger partial charge < -0.3 is 4.74 Å². The van der Waals surface area contributed by atoms with Gasteiger partial charge in [-0.2, -0.15) is 0 Å². The van der Waals surface area contributed by atoms with Crippen LogP contribution < -0.4 is 9.92 Å². The van der Waals surface area contributed by atoms with Crippen molar-refractivity contribution in [1.82, 2.24) is 0 Å². The molecule has 0 amide bonds. The van der Waals surface area contributed by atoms with Crippen LogP contribution in [0.4, 0.5) is 0 Å². The van der Waals surface area contributed by atoms with E-state index in [1.165, 1.54) is 55.8 Å². The molecule has 0 aliphatic carbocycles. The van der Waals surface area contributed by atoms with E-state index in [1.807, 2.05) is 6.92 Å². The van der Waals surface area contributed by atoms with E-state index >= 15 is 0 Å². The lowest BCUT2D eigenvalue weighted by Gasteiger charge is -2.38. The highest BCUT2D eigenvalue weighted by Crippen LogP contribution is 2.37. The van der Waals surface area contributed by atoms with Gasteiger partial charge in [-0.3, -0.25) is 0 Å². The second-order valence-electron chi connectivity index (χ2n) is 8.30. The third kappa shape index (κ3) is 5.61. The van der Waals surface area contributed by atoms with E-state index in [4.69, 9.17) is 4.74 Å². The maximum atomic E-state index is 5.54. The minimum atomic E-state index is -1.31. The molecule has 0 unspecified atom stereocenters. The summed E-state index contributed by atoms with van der Waals surface area (Å²) in [5.41, 5.74) is 1.28. The lowest BCUT2D eigenvalue weighted by Crippen LogP contribution is -2.49. The molecule has 1 aliphatic rings. The monoisotopic (exact) mass is 392 g/mol. The summed E-state index contributed by atoms with van der Waals surface area (Å²) in [6.45, 7) is 5.07. The van der Waals surface area contributed by atoms with Gasteiger partial charge in [-0.25, -0.2) is 0 Å². The van der Waals surface area contributed by atoms with Crippen LogP contribution in [0.25, 0.3) is 6.08 Å². The van der Waals surface area contributed by atoms with Crippen LogP contribution in [0.1, 0.15) is 51.5 Å². The zero-order chi connectivity index (χ0) is 19.7. The van der Waals surface area contributed by atoms with E-state index in [0.717, 1.165) is 18.3 Å². The fourth-order valence-electron chi connectivity index (χ4n) is 4.66. The first-order chi connectivity index (χ1) is 13.8. The Hall–Kier alpha value is -1.80. The maximum Gasteiger partial charge on any atom is 0.119 e. The maximum absolute atomic E-state index is 5.54. The average Bonchev–Trinajstić information content (AvgIpc) is 2.75. The molecule has 1 saturated heterocycles. The Morgan fingerprint density at radius 2 is 1.64 bits per heavy atom. The summed E-state index contributed by atoms with van der Waals surface area (Å²) in [4.78, 5) is 0. The SMILES string of the molecule is CCCCC[Si]1(c2ccccc2)CCC(/C=C/c2ccc(OCC)cc2)CC1. The predicted molar refractivity (Wildman–Crippen MR) is 125 cm³/mol. The molecule has 0 bridgehead atoms. The van der Waals surface area contributed by atoms with Crippen molar-refractivity contribution in [2.24, 2.45) is 5.92 Å². The summed E-state index contributed by atoms with van der Waals surface area (Å²) < 4.78 is 5.54. The van der Waals surface area contributed by atoms with Gasteiger partial charge in [0.2, 0.25) is 0 Å². The lowest BCUT2D eigenvalue weighted by atomic mass is 10.0. The number of unbranched alkanes of at least 4 members (excludes halogenated alkanes) is 2. The van der Waals surface area contributed by atoms with Crippen molar-refractivity contribution in [3.63, 3.8) is 0 Å². The van der Waals surface area contributed by atoms with Crippen LogP contribution in [0.2, 0.25) is 18.1 Å². The van der Waals surface area contributed by atoms with E-state index in [-0.39, 0.29) is 0 Å². The summed E-state index contributed by atoms with van der Waals surface area (Å²) in [5, 5.41) is 1.71. The first kappa shape index (κ1) is 20.9.